The fourth-order valence-electron chi connectivity index (χ4n) is 3.96. The van der Waals surface area contributed by atoms with Gasteiger partial charge in [-0.25, -0.2) is 9.97 Å². The zero-order chi connectivity index (χ0) is 22.7. The number of methoxy groups -OCH3 is 1. The number of imidazole rings is 1. The summed E-state index contributed by atoms with van der Waals surface area (Å²) in [6, 6.07) is 8.50. The number of pyridine rings is 1. The Hall–Kier alpha value is -3.46. The number of aryl methyl sites for hydroxylation is 1. The molecule has 0 aliphatic carbocycles. The van der Waals surface area contributed by atoms with E-state index in [2.05, 4.69) is 22.2 Å². The van der Waals surface area contributed by atoms with Gasteiger partial charge in [0, 0.05) is 50.8 Å². The van der Waals surface area contributed by atoms with Gasteiger partial charge in [-0.3, -0.25) is 19.5 Å². The van der Waals surface area contributed by atoms with Crippen LogP contribution in [0.2, 0.25) is 0 Å². The lowest BCUT2D eigenvalue weighted by Crippen LogP contribution is -2.28. The van der Waals surface area contributed by atoms with Gasteiger partial charge in [0.2, 0.25) is 5.95 Å². The van der Waals surface area contributed by atoms with Gasteiger partial charge < -0.3 is 15.4 Å². The molecule has 1 saturated heterocycles. The number of ether oxygens (including phenoxy) is 1. The monoisotopic (exact) mass is 436 g/mol. The number of nitrogens with one attached hydrogen (secondary N) is 1. The van der Waals surface area contributed by atoms with Gasteiger partial charge in [-0.1, -0.05) is 13.0 Å². The summed E-state index contributed by atoms with van der Waals surface area (Å²) in [6.45, 7) is 4.77. The van der Waals surface area contributed by atoms with Crippen LogP contribution in [0.15, 0.2) is 36.5 Å². The SMILES string of the molecule is COCCCn1c(NC(=O)c2cccc(N)c2)nc2cc(C(=O)N3CC[C@@H](C)C3)cnc21. The van der Waals surface area contributed by atoms with Crippen molar-refractivity contribution in [1.29, 1.82) is 0 Å². The van der Waals surface area contributed by atoms with E-state index in [9.17, 15) is 9.59 Å². The van der Waals surface area contributed by atoms with Gasteiger partial charge in [0.25, 0.3) is 11.8 Å². The summed E-state index contributed by atoms with van der Waals surface area (Å²) in [5, 5.41) is 2.86. The third-order valence-corrected chi connectivity index (χ3v) is 5.65. The number of likely N-dealkylation sites (tertiary alicyclic amines) is 1. The molecule has 2 aromatic heterocycles. The van der Waals surface area contributed by atoms with Gasteiger partial charge in [-0.15, -0.1) is 0 Å². The van der Waals surface area contributed by atoms with Gasteiger partial charge in [-0.05, 0) is 43.0 Å². The Bertz CT molecular complexity index is 1140. The second-order valence-corrected chi connectivity index (χ2v) is 8.22. The number of rotatable bonds is 7. The highest BCUT2D eigenvalue weighted by atomic mass is 16.5. The van der Waals surface area contributed by atoms with Gasteiger partial charge >= 0.3 is 0 Å². The third kappa shape index (κ3) is 4.57. The molecule has 168 valence electrons. The van der Waals surface area contributed by atoms with E-state index < -0.39 is 0 Å². The maximum absolute atomic E-state index is 12.9. The van der Waals surface area contributed by atoms with E-state index in [0.29, 0.717) is 53.0 Å². The molecule has 1 aliphatic heterocycles. The summed E-state index contributed by atoms with van der Waals surface area (Å²) in [6.07, 6.45) is 3.32. The van der Waals surface area contributed by atoms with Crippen molar-refractivity contribution in [2.75, 3.05) is 37.9 Å². The van der Waals surface area contributed by atoms with Crippen molar-refractivity contribution in [3.05, 3.63) is 47.7 Å². The molecule has 9 heteroatoms. The van der Waals surface area contributed by atoms with Crippen LogP contribution < -0.4 is 11.1 Å². The number of anilines is 2. The standard InChI is InChI=1S/C23H28N6O3/c1-15-7-9-28(14-15)22(31)17-12-19-20(25-13-17)29(8-4-10-32-2)23(26-19)27-21(30)16-5-3-6-18(24)11-16/h3,5-6,11-13,15H,4,7-10,14,24H2,1-2H3,(H,26,27,30)/t15-/m1/s1. The van der Waals surface area contributed by atoms with E-state index in [4.69, 9.17) is 10.5 Å². The molecule has 1 atom stereocenters. The molecule has 0 spiro atoms. The number of hydrogen-bond acceptors (Lipinski definition) is 6. The number of aromatic nitrogens is 3. The Morgan fingerprint density at radius 3 is 2.84 bits per heavy atom. The van der Waals surface area contributed by atoms with Crippen molar-refractivity contribution in [3.63, 3.8) is 0 Å². The first-order valence-electron chi connectivity index (χ1n) is 10.8. The van der Waals surface area contributed by atoms with Crippen LogP contribution in [0.4, 0.5) is 11.6 Å². The largest absolute Gasteiger partial charge is 0.399 e. The number of nitrogens with zero attached hydrogens (tertiary/aromatic N) is 4. The first-order chi connectivity index (χ1) is 15.5. The summed E-state index contributed by atoms with van der Waals surface area (Å²) < 4.78 is 7.00. The highest BCUT2D eigenvalue weighted by molar-refractivity contribution is 6.04. The summed E-state index contributed by atoms with van der Waals surface area (Å²) in [7, 11) is 1.64. The smallest absolute Gasteiger partial charge is 0.258 e. The molecule has 4 rings (SSSR count). The van der Waals surface area contributed by atoms with E-state index in [0.717, 1.165) is 25.9 Å². The molecule has 1 fully saturated rings. The van der Waals surface area contributed by atoms with E-state index >= 15 is 0 Å². The average Bonchev–Trinajstić information content (AvgIpc) is 3.36. The van der Waals surface area contributed by atoms with Crippen molar-refractivity contribution < 1.29 is 14.3 Å². The van der Waals surface area contributed by atoms with Crippen molar-refractivity contribution in [1.82, 2.24) is 19.4 Å². The molecule has 0 bridgehead atoms. The number of carbonyl (C=O) groups is 2. The Morgan fingerprint density at radius 1 is 1.28 bits per heavy atom. The molecular weight excluding hydrogens is 408 g/mol. The highest BCUT2D eigenvalue weighted by Gasteiger charge is 2.25. The van der Waals surface area contributed by atoms with Crippen LogP contribution in [0.25, 0.3) is 11.2 Å². The number of benzene rings is 1. The van der Waals surface area contributed by atoms with E-state index in [1.54, 1.807) is 43.6 Å². The van der Waals surface area contributed by atoms with Crippen LogP contribution in [0.5, 0.6) is 0 Å². The molecule has 1 aliphatic rings. The zero-order valence-electron chi connectivity index (χ0n) is 18.4. The molecule has 1 aromatic carbocycles. The third-order valence-electron chi connectivity index (χ3n) is 5.65. The number of nitrogens with two attached hydrogens (primary N) is 1. The molecule has 9 nitrogen and oxygen atoms in total. The first-order valence-corrected chi connectivity index (χ1v) is 10.8. The maximum atomic E-state index is 12.9. The normalized spacial score (nSPS) is 15.9. The molecule has 0 saturated carbocycles. The predicted octanol–water partition coefficient (Wildman–Crippen LogP) is 2.78. The fraction of sp³-hybridized carbons (Fsp3) is 0.391. The number of nitrogen functional groups attached to an aromatic ring is 1. The van der Waals surface area contributed by atoms with Crippen LogP contribution in [0.3, 0.4) is 0 Å². The van der Waals surface area contributed by atoms with Crippen LogP contribution in [0, 0.1) is 5.92 Å². The van der Waals surface area contributed by atoms with Crippen LogP contribution >= 0.6 is 0 Å². The quantitative estimate of drug-likeness (QED) is 0.435. The molecule has 3 heterocycles. The minimum absolute atomic E-state index is 0.0389. The van der Waals surface area contributed by atoms with Crippen LogP contribution in [-0.4, -0.2) is 58.1 Å². The van der Waals surface area contributed by atoms with Crippen molar-refractivity contribution in [2.45, 2.75) is 26.3 Å². The lowest BCUT2D eigenvalue weighted by atomic mass is 10.2. The van der Waals surface area contributed by atoms with Crippen LogP contribution in [0.1, 0.15) is 40.5 Å². The number of carbonyl (C=O) groups excluding carboxylic acids is 2. The molecule has 32 heavy (non-hydrogen) atoms. The number of hydrogen-bond donors (Lipinski definition) is 2. The predicted molar refractivity (Wildman–Crippen MR) is 123 cm³/mol. The Balaban J connectivity index is 1.64. The molecule has 0 unspecified atom stereocenters. The first kappa shape index (κ1) is 21.8. The molecule has 2 amide bonds. The lowest BCUT2D eigenvalue weighted by molar-refractivity contribution is 0.0787. The summed E-state index contributed by atoms with van der Waals surface area (Å²) in [5.41, 5.74) is 8.42. The summed E-state index contributed by atoms with van der Waals surface area (Å²) in [5.74, 6) is 0.519. The van der Waals surface area contributed by atoms with Gasteiger partial charge in [-0.2, -0.15) is 0 Å². The fourth-order valence-corrected chi connectivity index (χ4v) is 3.96. The number of fused-ring (bicyclic) bond motifs is 1. The van der Waals surface area contributed by atoms with E-state index in [1.165, 1.54) is 0 Å². The topological polar surface area (TPSA) is 115 Å². The van der Waals surface area contributed by atoms with Gasteiger partial charge in [0.15, 0.2) is 5.65 Å². The van der Waals surface area contributed by atoms with E-state index in [1.807, 2.05) is 9.47 Å². The second-order valence-electron chi connectivity index (χ2n) is 8.22. The second kappa shape index (κ2) is 9.35. The van der Waals surface area contributed by atoms with Gasteiger partial charge in [0.05, 0.1) is 5.56 Å². The Labute approximate surface area is 186 Å². The molecule has 3 aromatic rings. The molecule has 3 N–H and O–H groups in total. The number of amides is 2. The van der Waals surface area contributed by atoms with E-state index in [-0.39, 0.29) is 11.8 Å². The maximum Gasteiger partial charge on any atom is 0.258 e. The molecular formula is C23H28N6O3. The van der Waals surface area contributed by atoms with Crippen molar-refractivity contribution >= 4 is 34.6 Å². The minimum Gasteiger partial charge on any atom is -0.399 e. The summed E-state index contributed by atoms with van der Waals surface area (Å²) >= 11 is 0. The molecule has 0 radical (unpaired) electrons. The summed E-state index contributed by atoms with van der Waals surface area (Å²) in [4.78, 5) is 36.6. The van der Waals surface area contributed by atoms with Crippen molar-refractivity contribution in [2.24, 2.45) is 5.92 Å². The minimum atomic E-state index is -0.317. The van der Waals surface area contributed by atoms with Crippen LogP contribution in [-0.2, 0) is 11.3 Å². The highest BCUT2D eigenvalue weighted by Crippen LogP contribution is 2.23. The van der Waals surface area contributed by atoms with Crippen molar-refractivity contribution in [3.8, 4) is 0 Å². The Morgan fingerprint density at radius 2 is 2.12 bits per heavy atom. The van der Waals surface area contributed by atoms with Gasteiger partial charge in [0.1, 0.15) is 5.52 Å². The Kier molecular flexibility index (Phi) is 6.36. The zero-order valence-corrected chi connectivity index (χ0v) is 18.4. The average molecular weight is 437 g/mol. The lowest BCUT2D eigenvalue weighted by Gasteiger charge is -2.15.